The maximum atomic E-state index is 9.41. The van der Waals surface area contributed by atoms with E-state index in [0.717, 1.165) is 21.1 Å². The second-order valence-electron chi connectivity index (χ2n) is 6.94. The lowest BCUT2D eigenvalue weighted by atomic mass is 9.77. The number of nitriles is 1. The van der Waals surface area contributed by atoms with Crippen LogP contribution < -0.4 is 5.46 Å². The summed E-state index contributed by atoms with van der Waals surface area (Å²) in [4.78, 5) is 0. The van der Waals surface area contributed by atoms with Gasteiger partial charge in [0.15, 0.2) is 0 Å². The van der Waals surface area contributed by atoms with Gasteiger partial charge in [-0.1, -0.05) is 15.9 Å². The van der Waals surface area contributed by atoms with E-state index in [2.05, 4.69) is 28.1 Å². The van der Waals surface area contributed by atoms with Gasteiger partial charge in [0.25, 0.3) is 0 Å². The van der Waals surface area contributed by atoms with E-state index >= 15 is 0 Å². The Morgan fingerprint density at radius 2 is 1.76 bits per heavy atom. The van der Waals surface area contributed by atoms with Gasteiger partial charge in [-0.25, -0.2) is 0 Å². The van der Waals surface area contributed by atoms with E-state index in [-0.39, 0.29) is 11.2 Å². The van der Waals surface area contributed by atoms with Gasteiger partial charge in [-0.2, -0.15) is 5.26 Å². The molecule has 110 valence electrons. The number of halogens is 1. The maximum Gasteiger partial charge on any atom is 0.496 e. The van der Waals surface area contributed by atoms with Crippen LogP contribution in [0.3, 0.4) is 0 Å². The van der Waals surface area contributed by atoms with Crippen molar-refractivity contribution in [3.8, 4) is 6.07 Å². The van der Waals surface area contributed by atoms with Crippen LogP contribution in [0.4, 0.5) is 0 Å². The van der Waals surface area contributed by atoms with E-state index in [0.29, 0.717) is 5.92 Å². The molecule has 2 fully saturated rings. The average Bonchev–Trinajstić information content (AvgIpc) is 3.17. The molecule has 1 aliphatic carbocycles. The number of hydrogen-bond donors (Lipinski definition) is 0. The molecular formula is C16H19BBrNO2. The first-order chi connectivity index (χ1) is 9.75. The summed E-state index contributed by atoms with van der Waals surface area (Å²) in [6, 6.07) is 6.30. The molecule has 2 aliphatic rings. The zero-order valence-electron chi connectivity index (χ0n) is 12.9. The third-order valence-corrected chi connectivity index (χ3v) is 5.50. The summed E-state index contributed by atoms with van der Waals surface area (Å²) in [5.41, 5.74) is 2.03. The summed E-state index contributed by atoms with van der Waals surface area (Å²) in [5.74, 6) is 0.545. The summed E-state index contributed by atoms with van der Waals surface area (Å²) >= 11 is 3.62. The van der Waals surface area contributed by atoms with Crippen LogP contribution in [0.15, 0.2) is 16.6 Å². The second-order valence-corrected chi connectivity index (χ2v) is 7.79. The molecule has 0 radical (unpaired) electrons. The molecular weight excluding hydrogens is 329 g/mol. The van der Waals surface area contributed by atoms with E-state index in [4.69, 9.17) is 9.31 Å². The molecule has 3 rings (SSSR count). The van der Waals surface area contributed by atoms with Gasteiger partial charge in [0.2, 0.25) is 0 Å². The Balaban J connectivity index is 1.99. The van der Waals surface area contributed by atoms with Crippen molar-refractivity contribution in [2.75, 3.05) is 0 Å². The Morgan fingerprint density at radius 1 is 1.19 bits per heavy atom. The van der Waals surface area contributed by atoms with Crippen LogP contribution in [0, 0.1) is 11.3 Å². The SMILES string of the molecule is CC1(C)OB(c2cc(C#N)c(C3CC3)cc2Br)OC1(C)C. The molecule has 21 heavy (non-hydrogen) atoms. The van der Waals surface area contributed by atoms with Crippen LogP contribution in [0.1, 0.15) is 57.6 Å². The van der Waals surface area contributed by atoms with E-state index < -0.39 is 7.12 Å². The molecule has 1 saturated heterocycles. The van der Waals surface area contributed by atoms with Gasteiger partial charge >= 0.3 is 7.12 Å². The molecule has 1 saturated carbocycles. The highest BCUT2D eigenvalue weighted by Crippen LogP contribution is 2.43. The van der Waals surface area contributed by atoms with E-state index in [1.165, 1.54) is 12.8 Å². The highest BCUT2D eigenvalue weighted by Gasteiger charge is 2.52. The van der Waals surface area contributed by atoms with Crippen LogP contribution in [0.5, 0.6) is 0 Å². The van der Waals surface area contributed by atoms with Gasteiger partial charge in [0.1, 0.15) is 0 Å². The van der Waals surface area contributed by atoms with Crippen molar-refractivity contribution in [3.05, 3.63) is 27.7 Å². The van der Waals surface area contributed by atoms with Crippen LogP contribution in [-0.2, 0) is 9.31 Å². The van der Waals surface area contributed by atoms with Gasteiger partial charge < -0.3 is 9.31 Å². The first kappa shape index (κ1) is 15.1. The molecule has 0 atom stereocenters. The predicted molar refractivity (Wildman–Crippen MR) is 86.5 cm³/mol. The van der Waals surface area contributed by atoms with Crippen molar-refractivity contribution in [3.63, 3.8) is 0 Å². The van der Waals surface area contributed by atoms with Crippen molar-refractivity contribution >= 4 is 28.5 Å². The zero-order valence-corrected chi connectivity index (χ0v) is 14.5. The quantitative estimate of drug-likeness (QED) is 0.769. The lowest BCUT2D eigenvalue weighted by molar-refractivity contribution is 0.00578. The maximum absolute atomic E-state index is 9.41. The normalized spacial score (nSPS) is 23.1. The van der Waals surface area contributed by atoms with Gasteiger partial charge in [-0.3, -0.25) is 0 Å². The Hall–Kier alpha value is -0.825. The first-order valence-electron chi connectivity index (χ1n) is 7.34. The minimum absolute atomic E-state index is 0.376. The third kappa shape index (κ3) is 2.54. The molecule has 0 spiro atoms. The lowest BCUT2D eigenvalue weighted by Gasteiger charge is -2.32. The van der Waals surface area contributed by atoms with Crippen LogP contribution >= 0.6 is 15.9 Å². The van der Waals surface area contributed by atoms with Crippen molar-refractivity contribution in [1.29, 1.82) is 5.26 Å². The van der Waals surface area contributed by atoms with Gasteiger partial charge in [-0.15, -0.1) is 0 Å². The second kappa shape index (κ2) is 4.84. The predicted octanol–water partition coefficient (Wildman–Crippen LogP) is 3.50. The third-order valence-electron chi connectivity index (χ3n) is 4.81. The Bertz CT molecular complexity index is 616. The summed E-state index contributed by atoms with van der Waals surface area (Å²) in [7, 11) is -0.440. The average molecular weight is 348 g/mol. The topological polar surface area (TPSA) is 42.2 Å². The Labute approximate surface area is 134 Å². The molecule has 1 aromatic carbocycles. The van der Waals surface area contributed by atoms with Gasteiger partial charge in [0, 0.05) is 4.47 Å². The molecule has 5 heteroatoms. The van der Waals surface area contributed by atoms with Crippen molar-refractivity contribution in [2.45, 2.75) is 57.7 Å². The van der Waals surface area contributed by atoms with Gasteiger partial charge in [0.05, 0.1) is 22.8 Å². The number of nitrogens with zero attached hydrogens (tertiary/aromatic N) is 1. The van der Waals surface area contributed by atoms with E-state index in [1.54, 1.807) is 0 Å². The summed E-state index contributed by atoms with van der Waals surface area (Å²) < 4.78 is 13.1. The molecule has 1 heterocycles. The van der Waals surface area contributed by atoms with E-state index in [1.807, 2.05) is 33.8 Å². The summed E-state index contributed by atoms with van der Waals surface area (Å²) in [6.45, 7) is 8.13. The van der Waals surface area contributed by atoms with Crippen molar-refractivity contribution in [2.24, 2.45) is 0 Å². The Morgan fingerprint density at radius 3 is 2.24 bits per heavy atom. The molecule has 3 nitrogen and oxygen atoms in total. The molecule has 0 unspecified atom stereocenters. The van der Waals surface area contributed by atoms with Crippen molar-refractivity contribution in [1.82, 2.24) is 0 Å². The monoisotopic (exact) mass is 347 g/mol. The Kier molecular flexibility index (Phi) is 3.48. The number of rotatable bonds is 2. The first-order valence-corrected chi connectivity index (χ1v) is 8.13. The van der Waals surface area contributed by atoms with Crippen LogP contribution in [0.25, 0.3) is 0 Å². The summed E-state index contributed by atoms with van der Waals surface area (Å²) in [6.07, 6.45) is 2.36. The highest BCUT2D eigenvalue weighted by atomic mass is 79.9. The minimum Gasteiger partial charge on any atom is -0.399 e. The number of hydrogen-bond acceptors (Lipinski definition) is 3. The molecule has 0 bridgehead atoms. The smallest absolute Gasteiger partial charge is 0.399 e. The van der Waals surface area contributed by atoms with Crippen molar-refractivity contribution < 1.29 is 9.31 Å². The minimum atomic E-state index is -0.440. The highest BCUT2D eigenvalue weighted by molar-refractivity contribution is 9.10. The fourth-order valence-electron chi connectivity index (χ4n) is 2.58. The summed E-state index contributed by atoms with van der Waals surface area (Å²) in [5, 5.41) is 9.41. The standard InChI is InChI=1S/C16H19BBrNO2/c1-15(2)16(3,4)21-17(20-15)13-7-11(9-19)12(8-14(13)18)10-5-6-10/h7-8,10H,5-6H2,1-4H3. The van der Waals surface area contributed by atoms with Gasteiger partial charge in [-0.05, 0) is 69.6 Å². The molecule has 1 aliphatic heterocycles. The molecule has 1 aromatic rings. The zero-order chi connectivity index (χ0) is 15.4. The molecule has 0 N–H and O–H groups in total. The lowest BCUT2D eigenvalue weighted by Crippen LogP contribution is -2.41. The number of benzene rings is 1. The van der Waals surface area contributed by atoms with Crippen LogP contribution in [-0.4, -0.2) is 18.3 Å². The fourth-order valence-corrected chi connectivity index (χ4v) is 3.13. The fraction of sp³-hybridized carbons (Fsp3) is 0.562. The largest absolute Gasteiger partial charge is 0.496 e. The molecule has 0 amide bonds. The van der Waals surface area contributed by atoms with Crippen LogP contribution in [0.2, 0.25) is 0 Å². The molecule has 0 aromatic heterocycles. The van der Waals surface area contributed by atoms with E-state index in [9.17, 15) is 5.26 Å².